The molecule has 3 heterocycles. The molecule has 2 aromatic carbocycles. The van der Waals surface area contributed by atoms with Crippen LogP contribution in [0.1, 0.15) is 24.2 Å². The molecule has 12 atom stereocenters. The lowest BCUT2D eigenvalue weighted by atomic mass is 9.93. The van der Waals surface area contributed by atoms with E-state index in [1.54, 1.807) is 0 Å². The molecule has 5 rings (SSSR count). The maximum atomic E-state index is 10.7. The van der Waals surface area contributed by atoms with E-state index in [0.717, 1.165) is 6.07 Å². The number of ether oxygens (including phenoxy) is 5. The van der Waals surface area contributed by atoms with E-state index in [9.17, 15) is 51.1 Å². The van der Waals surface area contributed by atoms with Crippen molar-refractivity contribution < 1.29 is 74.7 Å². The number of fused-ring (bicyclic) bond motifs is 1. The minimum atomic E-state index is -1.78. The highest BCUT2D eigenvalue weighted by Crippen LogP contribution is 2.44. The van der Waals surface area contributed by atoms with Crippen LogP contribution >= 0.6 is 0 Å². The molecule has 0 amide bonds. The molecule has 2 fully saturated rings. The molecular formula is C27H34O15. The Morgan fingerprint density at radius 2 is 1.43 bits per heavy atom. The lowest BCUT2D eigenvalue weighted by Gasteiger charge is -2.44. The van der Waals surface area contributed by atoms with Gasteiger partial charge in [-0.05, 0) is 24.6 Å². The van der Waals surface area contributed by atoms with Gasteiger partial charge in [-0.25, -0.2) is 0 Å². The van der Waals surface area contributed by atoms with Crippen LogP contribution in [0.5, 0.6) is 28.7 Å². The highest BCUT2D eigenvalue weighted by molar-refractivity contribution is 5.52. The summed E-state index contributed by atoms with van der Waals surface area (Å²) in [5, 5.41) is 102. The molecule has 10 N–H and O–H groups in total. The monoisotopic (exact) mass is 598 g/mol. The second-order valence-corrected chi connectivity index (χ2v) is 10.6. The van der Waals surface area contributed by atoms with E-state index in [2.05, 4.69) is 0 Å². The predicted octanol–water partition coefficient (Wildman–Crippen LogP) is -1.78. The van der Waals surface area contributed by atoms with Gasteiger partial charge in [-0.1, -0.05) is 6.07 Å². The first kappa shape index (κ1) is 30.5. The highest BCUT2D eigenvalue weighted by Gasteiger charge is 2.48. The van der Waals surface area contributed by atoms with E-state index >= 15 is 0 Å². The number of hydrogen-bond donors (Lipinski definition) is 10. The fraction of sp³-hybridized carbons (Fsp3) is 0.556. The number of rotatable bonds is 6. The molecule has 3 aliphatic rings. The van der Waals surface area contributed by atoms with E-state index in [1.807, 2.05) is 0 Å². The van der Waals surface area contributed by atoms with Crippen LogP contribution in [-0.2, 0) is 25.4 Å². The average molecular weight is 599 g/mol. The number of benzene rings is 2. The Morgan fingerprint density at radius 1 is 0.738 bits per heavy atom. The summed E-state index contributed by atoms with van der Waals surface area (Å²) in [5.74, 6) is -1.30. The van der Waals surface area contributed by atoms with Gasteiger partial charge >= 0.3 is 0 Å². The summed E-state index contributed by atoms with van der Waals surface area (Å²) in [6.45, 7) is 0.960. The summed E-state index contributed by atoms with van der Waals surface area (Å²) in [4.78, 5) is 0. The van der Waals surface area contributed by atoms with Gasteiger partial charge in [0.25, 0.3) is 0 Å². The molecule has 15 heteroatoms. The molecule has 2 saturated heterocycles. The van der Waals surface area contributed by atoms with E-state index < -0.39 is 91.7 Å². The summed E-state index contributed by atoms with van der Waals surface area (Å²) in [5.41, 5.74) is 0.564. The Morgan fingerprint density at radius 3 is 2.14 bits per heavy atom. The lowest BCUT2D eigenvalue weighted by Crippen LogP contribution is -2.61. The molecule has 0 bridgehead atoms. The highest BCUT2D eigenvalue weighted by atomic mass is 16.7. The molecule has 0 aliphatic carbocycles. The smallest absolute Gasteiger partial charge is 0.187 e. The van der Waals surface area contributed by atoms with Crippen molar-refractivity contribution in [1.29, 1.82) is 0 Å². The molecule has 0 saturated carbocycles. The number of phenolic OH excluding ortho intramolecular Hbond substituents is 4. The van der Waals surface area contributed by atoms with Gasteiger partial charge in [0, 0.05) is 24.1 Å². The van der Waals surface area contributed by atoms with Crippen molar-refractivity contribution in [3.63, 3.8) is 0 Å². The van der Waals surface area contributed by atoms with Crippen molar-refractivity contribution in [1.82, 2.24) is 0 Å². The van der Waals surface area contributed by atoms with Crippen molar-refractivity contribution in [3.05, 3.63) is 41.5 Å². The minimum absolute atomic E-state index is 0.0552. The predicted molar refractivity (Wildman–Crippen MR) is 136 cm³/mol. The summed E-state index contributed by atoms with van der Waals surface area (Å²) < 4.78 is 28.7. The maximum Gasteiger partial charge on any atom is 0.187 e. The van der Waals surface area contributed by atoms with Crippen molar-refractivity contribution in [2.75, 3.05) is 6.61 Å². The average Bonchev–Trinajstić information content (AvgIpc) is 2.95. The molecule has 3 aliphatic heterocycles. The van der Waals surface area contributed by atoms with Crippen LogP contribution in [0.25, 0.3) is 0 Å². The zero-order chi connectivity index (χ0) is 30.5. The third-order valence-corrected chi connectivity index (χ3v) is 7.71. The molecule has 0 spiro atoms. The second kappa shape index (κ2) is 12.0. The normalized spacial score (nSPS) is 38.5. The largest absolute Gasteiger partial charge is 0.508 e. The summed E-state index contributed by atoms with van der Waals surface area (Å²) >= 11 is 0. The third-order valence-electron chi connectivity index (χ3n) is 7.71. The van der Waals surface area contributed by atoms with Crippen molar-refractivity contribution in [2.45, 2.75) is 87.0 Å². The topological polar surface area (TPSA) is 248 Å². The minimum Gasteiger partial charge on any atom is -0.508 e. The Hall–Kier alpha value is -2.96. The van der Waals surface area contributed by atoms with Gasteiger partial charge in [-0.2, -0.15) is 0 Å². The van der Waals surface area contributed by atoms with Crippen molar-refractivity contribution in [2.24, 2.45) is 0 Å². The first-order chi connectivity index (χ1) is 19.8. The van der Waals surface area contributed by atoms with Gasteiger partial charge in [0.05, 0.1) is 12.7 Å². The molecule has 0 radical (unpaired) electrons. The van der Waals surface area contributed by atoms with Gasteiger partial charge in [0.1, 0.15) is 66.1 Å². The lowest BCUT2D eigenvalue weighted by molar-refractivity contribution is -0.336. The van der Waals surface area contributed by atoms with Crippen LogP contribution in [0.15, 0.2) is 30.3 Å². The van der Waals surface area contributed by atoms with Crippen LogP contribution in [0.4, 0.5) is 0 Å². The van der Waals surface area contributed by atoms with Crippen LogP contribution in [0.2, 0.25) is 0 Å². The van der Waals surface area contributed by atoms with Crippen molar-refractivity contribution in [3.8, 4) is 28.7 Å². The first-order valence-electron chi connectivity index (χ1n) is 13.3. The number of aliphatic hydroxyl groups is 6. The molecule has 42 heavy (non-hydrogen) atoms. The zero-order valence-electron chi connectivity index (χ0n) is 22.2. The Kier molecular flexibility index (Phi) is 8.69. The van der Waals surface area contributed by atoms with Gasteiger partial charge in [0.15, 0.2) is 30.2 Å². The van der Waals surface area contributed by atoms with Crippen LogP contribution in [0.3, 0.4) is 0 Å². The van der Waals surface area contributed by atoms with E-state index in [4.69, 9.17) is 23.7 Å². The molecule has 0 aromatic heterocycles. The summed E-state index contributed by atoms with van der Waals surface area (Å²) in [6.07, 6.45) is -17.2. The zero-order valence-corrected chi connectivity index (χ0v) is 22.2. The SMILES string of the molecule is CC1O[C@@H](OCC2O[C@@H](O[C@H]3Cc4c(O)cc(O)cc4O[C@@H]3c3ccc(O)c(O)c3)C(O)C(O)[C@@H]2O)C(O)[C@@H](O)[C@H]1O. The fourth-order valence-electron chi connectivity index (χ4n) is 5.25. The molecular weight excluding hydrogens is 564 g/mol. The Bertz CT molecular complexity index is 1260. The van der Waals surface area contributed by atoms with Crippen LogP contribution in [0, 0.1) is 0 Å². The van der Waals surface area contributed by atoms with E-state index in [1.165, 1.54) is 31.2 Å². The van der Waals surface area contributed by atoms with E-state index in [-0.39, 0.29) is 29.2 Å². The van der Waals surface area contributed by atoms with E-state index in [0.29, 0.717) is 5.56 Å². The third kappa shape index (κ3) is 5.80. The van der Waals surface area contributed by atoms with Gasteiger partial charge in [-0.3, -0.25) is 0 Å². The number of hydrogen-bond acceptors (Lipinski definition) is 15. The van der Waals surface area contributed by atoms with Gasteiger partial charge < -0.3 is 74.7 Å². The van der Waals surface area contributed by atoms with Crippen LogP contribution < -0.4 is 4.74 Å². The van der Waals surface area contributed by atoms with Crippen molar-refractivity contribution >= 4 is 0 Å². The maximum absolute atomic E-state index is 10.7. The quantitative estimate of drug-likeness (QED) is 0.165. The molecule has 232 valence electrons. The Balaban J connectivity index is 1.36. The molecule has 15 nitrogen and oxygen atoms in total. The standard InChI is InChI=1S/C27H34O15/c1-9-19(32)21(34)23(36)26(39-9)38-8-18-20(33)22(35)24(37)27(42-18)41-17-7-12-14(30)5-11(28)6-16(12)40-25(17)10-2-3-13(29)15(31)4-10/h2-6,9,17-37H,7-8H2,1H3/t9?,17-,18?,19-,20+,21-,22?,23?,24?,25+,26+,27+/m0/s1. The summed E-state index contributed by atoms with van der Waals surface area (Å²) in [7, 11) is 0. The van der Waals surface area contributed by atoms with Gasteiger partial charge in [0.2, 0.25) is 0 Å². The number of phenols is 4. The molecule has 2 aromatic rings. The first-order valence-corrected chi connectivity index (χ1v) is 13.3. The van der Waals surface area contributed by atoms with Gasteiger partial charge in [-0.15, -0.1) is 0 Å². The molecule has 5 unspecified atom stereocenters. The number of aromatic hydroxyl groups is 4. The number of aliphatic hydroxyl groups excluding tert-OH is 6. The van der Waals surface area contributed by atoms with Crippen LogP contribution in [-0.4, -0.2) is 125 Å². The summed E-state index contributed by atoms with van der Waals surface area (Å²) in [6, 6.07) is 6.26. The fourth-order valence-corrected chi connectivity index (χ4v) is 5.25. The Labute approximate surface area is 238 Å². The second-order valence-electron chi connectivity index (χ2n) is 10.6.